The van der Waals surface area contributed by atoms with E-state index < -0.39 is 0 Å². The third kappa shape index (κ3) is 2.18. The van der Waals surface area contributed by atoms with E-state index in [1.807, 2.05) is 0 Å². The molecule has 0 aromatic rings. The van der Waals surface area contributed by atoms with Crippen molar-refractivity contribution in [2.45, 2.75) is 33.6 Å². The van der Waals surface area contributed by atoms with Gasteiger partial charge < -0.3 is 0 Å². The van der Waals surface area contributed by atoms with Crippen LogP contribution in [0, 0.1) is 5.92 Å². The standard InChI is InChI=1S/C10H17N/c1-8(2)10-9(3)6-4-5-7-11-10/h6,8H,4-5,7H2,1-3H3. The Bertz CT molecular complexity index is 187. The number of allylic oxidation sites excluding steroid dienone is 2. The van der Waals surface area contributed by atoms with Crippen LogP contribution in [0.25, 0.3) is 0 Å². The minimum Gasteiger partial charge on any atom is -0.289 e. The first-order valence-electron chi connectivity index (χ1n) is 4.43. The Balaban J connectivity index is 2.79. The van der Waals surface area contributed by atoms with Gasteiger partial charge in [-0.15, -0.1) is 0 Å². The number of nitrogens with zero attached hydrogens (tertiary/aromatic N) is 1. The van der Waals surface area contributed by atoms with Crippen molar-refractivity contribution in [1.29, 1.82) is 0 Å². The van der Waals surface area contributed by atoms with Crippen molar-refractivity contribution in [2.75, 3.05) is 6.54 Å². The van der Waals surface area contributed by atoms with Crippen molar-refractivity contribution in [3.05, 3.63) is 11.6 Å². The van der Waals surface area contributed by atoms with E-state index in [1.165, 1.54) is 24.1 Å². The smallest absolute Gasteiger partial charge is 0.0399 e. The second-order valence-electron chi connectivity index (χ2n) is 3.45. The Morgan fingerprint density at radius 1 is 1.45 bits per heavy atom. The molecule has 1 nitrogen and oxygen atoms in total. The molecule has 0 aliphatic carbocycles. The van der Waals surface area contributed by atoms with Gasteiger partial charge in [0.2, 0.25) is 0 Å². The summed E-state index contributed by atoms with van der Waals surface area (Å²) in [6.07, 6.45) is 4.73. The van der Waals surface area contributed by atoms with Crippen LogP contribution >= 0.6 is 0 Å². The van der Waals surface area contributed by atoms with Gasteiger partial charge in [0.25, 0.3) is 0 Å². The van der Waals surface area contributed by atoms with Gasteiger partial charge in [0, 0.05) is 12.3 Å². The van der Waals surface area contributed by atoms with Crippen LogP contribution in [-0.2, 0) is 0 Å². The van der Waals surface area contributed by atoms with E-state index in [0.29, 0.717) is 5.92 Å². The highest BCUT2D eigenvalue weighted by molar-refractivity contribution is 6.01. The quantitative estimate of drug-likeness (QED) is 0.546. The van der Waals surface area contributed by atoms with E-state index in [2.05, 4.69) is 31.8 Å². The fourth-order valence-corrected chi connectivity index (χ4v) is 1.48. The lowest BCUT2D eigenvalue weighted by Gasteiger charge is -2.08. The maximum absolute atomic E-state index is 4.55. The zero-order valence-electron chi connectivity index (χ0n) is 7.72. The summed E-state index contributed by atoms with van der Waals surface area (Å²) in [5.41, 5.74) is 2.69. The summed E-state index contributed by atoms with van der Waals surface area (Å²) in [6.45, 7) is 7.61. The third-order valence-corrected chi connectivity index (χ3v) is 2.05. The summed E-state index contributed by atoms with van der Waals surface area (Å²) >= 11 is 0. The molecule has 11 heavy (non-hydrogen) atoms. The lowest BCUT2D eigenvalue weighted by molar-refractivity contribution is 0.839. The van der Waals surface area contributed by atoms with Gasteiger partial charge in [0.1, 0.15) is 0 Å². The fourth-order valence-electron chi connectivity index (χ4n) is 1.48. The summed E-state index contributed by atoms with van der Waals surface area (Å²) in [5, 5.41) is 0. The van der Waals surface area contributed by atoms with Gasteiger partial charge in [0.05, 0.1) is 0 Å². The molecule has 0 atom stereocenters. The Hall–Kier alpha value is -0.590. The number of hydrogen-bond acceptors (Lipinski definition) is 1. The van der Waals surface area contributed by atoms with Gasteiger partial charge in [0.15, 0.2) is 0 Å². The van der Waals surface area contributed by atoms with Crippen LogP contribution in [0.5, 0.6) is 0 Å². The number of rotatable bonds is 1. The average molecular weight is 151 g/mol. The number of aliphatic imine (C=N–C) groups is 1. The van der Waals surface area contributed by atoms with Crippen LogP contribution in [0.1, 0.15) is 33.6 Å². The third-order valence-electron chi connectivity index (χ3n) is 2.05. The monoisotopic (exact) mass is 151 g/mol. The molecule has 1 aliphatic rings. The molecule has 0 radical (unpaired) electrons. The predicted molar refractivity (Wildman–Crippen MR) is 50.1 cm³/mol. The molecular formula is C10H17N. The van der Waals surface area contributed by atoms with Crippen molar-refractivity contribution in [3.63, 3.8) is 0 Å². The van der Waals surface area contributed by atoms with Gasteiger partial charge in [-0.3, -0.25) is 4.99 Å². The highest BCUT2D eigenvalue weighted by atomic mass is 14.7. The first-order chi connectivity index (χ1) is 5.22. The molecule has 0 aromatic heterocycles. The normalized spacial score (nSPS) is 19.3. The Morgan fingerprint density at radius 3 is 2.82 bits per heavy atom. The fraction of sp³-hybridized carbons (Fsp3) is 0.700. The summed E-state index contributed by atoms with van der Waals surface area (Å²) in [5.74, 6) is 0.587. The van der Waals surface area contributed by atoms with Crippen molar-refractivity contribution in [2.24, 2.45) is 10.9 Å². The van der Waals surface area contributed by atoms with Crippen molar-refractivity contribution in [1.82, 2.24) is 0 Å². The molecule has 0 N–H and O–H groups in total. The van der Waals surface area contributed by atoms with Crippen molar-refractivity contribution >= 4 is 5.71 Å². The summed E-state index contributed by atoms with van der Waals surface area (Å²) < 4.78 is 0. The molecule has 0 aromatic carbocycles. The van der Waals surface area contributed by atoms with E-state index in [-0.39, 0.29) is 0 Å². The molecule has 0 unspecified atom stereocenters. The molecule has 0 fully saturated rings. The van der Waals surface area contributed by atoms with E-state index in [1.54, 1.807) is 0 Å². The maximum atomic E-state index is 4.55. The van der Waals surface area contributed by atoms with Crippen LogP contribution in [0.3, 0.4) is 0 Å². The van der Waals surface area contributed by atoms with E-state index >= 15 is 0 Å². The first-order valence-corrected chi connectivity index (χ1v) is 4.43. The molecule has 1 heteroatoms. The molecule has 0 saturated carbocycles. The highest BCUT2D eigenvalue weighted by Gasteiger charge is 2.08. The van der Waals surface area contributed by atoms with E-state index in [4.69, 9.17) is 0 Å². The van der Waals surface area contributed by atoms with Gasteiger partial charge in [-0.25, -0.2) is 0 Å². The second-order valence-corrected chi connectivity index (χ2v) is 3.45. The van der Waals surface area contributed by atoms with E-state index in [9.17, 15) is 0 Å². The van der Waals surface area contributed by atoms with Crippen LogP contribution < -0.4 is 0 Å². The Labute approximate surface area is 69.2 Å². The second kappa shape index (κ2) is 3.70. The molecule has 0 spiro atoms. The summed E-state index contributed by atoms with van der Waals surface area (Å²) in [6, 6.07) is 0. The first kappa shape index (κ1) is 8.51. The molecule has 62 valence electrons. The van der Waals surface area contributed by atoms with Gasteiger partial charge in [-0.1, -0.05) is 19.9 Å². The topological polar surface area (TPSA) is 12.4 Å². The lowest BCUT2D eigenvalue weighted by Crippen LogP contribution is -2.08. The minimum atomic E-state index is 0.587. The molecule has 1 rings (SSSR count). The minimum absolute atomic E-state index is 0.587. The molecule has 0 saturated heterocycles. The largest absolute Gasteiger partial charge is 0.289 e. The average Bonchev–Trinajstić information content (AvgIpc) is 2.13. The van der Waals surface area contributed by atoms with Gasteiger partial charge in [-0.2, -0.15) is 0 Å². The predicted octanol–water partition coefficient (Wildman–Crippen LogP) is 2.82. The van der Waals surface area contributed by atoms with Crippen molar-refractivity contribution in [3.8, 4) is 0 Å². The SMILES string of the molecule is CC1=CCCCN=C1C(C)C. The number of hydrogen-bond donors (Lipinski definition) is 0. The molecule has 1 aliphatic heterocycles. The highest BCUT2D eigenvalue weighted by Crippen LogP contribution is 2.13. The molecule has 0 amide bonds. The van der Waals surface area contributed by atoms with Crippen LogP contribution in [-0.4, -0.2) is 12.3 Å². The van der Waals surface area contributed by atoms with Crippen LogP contribution in [0.2, 0.25) is 0 Å². The van der Waals surface area contributed by atoms with E-state index in [0.717, 1.165) is 6.54 Å². The zero-order valence-corrected chi connectivity index (χ0v) is 7.72. The Kier molecular flexibility index (Phi) is 2.86. The molecule has 0 bridgehead atoms. The Morgan fingerprint density at radius 2 is 2.18 bits per heavy atom. The molecule has 1 heterocycles. The maximum Gasteiger partial charge on any atom is 0.0399 e. The van der Waals surface area contributed by atoms with Gasteiger partial charge >= 0.3 is 0 Å². The van der Waals surface area contributed by atoms with Crippen LogP contribution in [0.15, 0.2) is 16.6 Å². The molecular weight excluding hydrogens is 134 g/mol. The summed E-state index contributed by atoms with van der Waals surface area (Å²) in [4.78, 5) is 4.55. The lowest BCUT2D eigenvalue weighted by atomic mass is 10.0. The zero-order chi connectivity index (χ0) is 8.27. The summed E-state index contributed by atoms with van der Waals surface area (Å²) in [7, 11) is 0. The van der Waals surface area contributed by atoms with Crippen molar-refractivity contribution < 1.29 is 0 Å². The van der Waals surface area contributed by atoms with Crippen LogP contribution in [0.4, 0.5) is 0 Å². The van der Waals surface area contributed by atoms with Gasteiger partial charge in [-0.05, 0) is 31.3 Å².